The second-order valence-electron chi connectivity index (χ2n) is 7.31. The van der Waals surface area contributed by atoms with Gasteiger partial charge in [-0.3, -0.25) is 4.79 Å². The minimum absolute atomic E-state index is 0.122. The van der Waals surface area contributed by atoms with Crippen LogP contribution in [0, 0.1) is 11.3 Å². The van der Waals surface area contributed by atoms with Crippen LogP contribution in [0.4, 0.5) is 0 Å². The molecule has 35 heavy (non-hydrogen) atoms. The third kappa shape index (κ3) is 5.83. The van der Waals surface area contributed by atoms with Gasteiger partial charge in [-0.25, -0.2) is 5.43 Å². The molecule has 1 aromatic heterocycles. The zero-order valence-corrected chi connectivity index (χ0v) is 20.9. The van der Waals surface area contributed by atoms with Crippen molar-refractivity contribution in [3.05, 3.63) is 92.6 Å². The lowest BCUT2D eigenvalue weighted by atomic mass is 10.1. The largest absolute Gasteiger partial charge is 0.490 e. The summed E-state index contributed by atoms with van der Waals surface area (Å²) in [6.07, 6.45) is 1.49. The van der Waals surface area contributed by atoms with Crippen molar-refractivity contribution in [1.82, 2.24) is 5.43 Å². The highest BCUT2D eigenvalue weighted by Gasteiger charge is 2.14. The van der Waals surface area contributed by atoms with Crippen molar-refractivity contribution in [3.8, 4) is 17.6 Å². The van der Waals surface area contributed by atoms with Crippen LogP contribution in [0.3, 0.4) is 0 Å². The number of hydrogen-bond acceptors (Lipinski definition) is 6. The summed E-state index contributed by atoms with van der Waals surface area (Å²) in [5.41, 5.74) is 5.00. The normalized spacial score (nSPS) is 10.9. The van der Waals surface area contributed by atoms with Crippen LogP contribution >= 0.6 is 27.5 Å². The Morgan fingerprint density at radius 1 is 1.20 bits per heavy atom. The minimum atomic E-state index is -0.492. The van der Waals surface area contributed by atoms with E-state index in [1.165, 1.54) is 6.21 Å². The number of fused-ring (bicyclic) bond motifs is 1. The summed E-state index contributed by atoms with van der Waals surface area (Å²) >= 11 is 9.50. The number of amides is 1. The fourth-order valence-electron chi connectivity index (χ4n) is 3.32. The lowest BCUT2D eigenvalue weighted by molar-refractivity contribution is 0.0929. The molecule has 0 bridgehead atoms. The van der Waals surface area contributed by atoms with Crippen LogP contribution in [-0.4, -0.2) is 18.7 Å². The van der Waals surface area contributed by atoms with Gasteiger partial charge in [0, 0.05) is 16.0 Å². The molecule has 0 atom stereocenters. The van der Waals surface area contributed by atoms with Gasteiger partial charge in [-0.2, -0.15) is 10.4 Å². The smallest absolute Gasteiger partial charge is 0.307 e. The number of furan rings is 1. The van der Waals surface area contributed by atoms with E-state index in [1.807, 2.05) is 19.1 Å². The number of benzene rings is 3. The molecule has 4 rings (SSSR count). The average molecular weight is 553 g/mol. The topological polar surface area (TPSA) is 96.8 Å². The third-order valence-corrected chi connectivity index (χ3v) is 5.75. The molecular formula is C26H19BrClN3O4. The molecule has 0 fully saturated rings. The number of carbonyl (C=O) groups is 1. The second-order valence-corrected chi connectivity index (χ2v) is 8.60. The van der Waals surface area contributed by atoms with Crippen molar-refractivity contribution >= 4 is 50.6 Å². The zero-order valence-electron chi connectivity index (χ0n) is 18.5. The van der Waals surface area contributed by atoms with Gasteiger partial charge < -0.3 is 13.9 Å². The summed E-state index contributed by atoms with van der Waals surface area (Å²) in [5, 5.41) is 14.6. The molecule has 176 valence electrons. The molecule has 9 heteroatoms. The Hall–Kier alpha value is -3.80. The third-order valence-electron chi connectivity index (χ3n) is 4.92. The molecule has 4 aromatic rings. The molecule has 1 heterocycles. The Labute approximate surface area is 215 Å². The highest BCUT2D eigenvalue weighted by atomic mass is 79.9. The van der Waals surface area contributed by atoms with E-state index in [0.717, 1.165) is 10.9 Å². The number of nitriles is 1. The zero-order chi connectivity index (χ0) is 24.8. The molecular weight excluding hydrogens is 534 g/mol. The van der Waals surface area contributed by atoms with Crippen molar-refractivity contribution in [2.75, 3.05) is 6.61 Å². The van der Waals surface area contributed by atoms with Gasteiger partial charge in [-0.05, 0) is 70.9 Å². The molecule has 0 aliphatic rings. The molecule has 0 aliphatic heterocycles. The summed E-state index contributed by atoms with van der Waals surface area (Å²) in [4.78, 5) is 12.4. The quantitative estimate of drug-likeness (QED) is 0.200. The maximum Gasteiger partial charge on any atom is 0.307 e. The number of ether oxygens (including phenoxy) is 2. The van der Waals surface area contributed by atoms with Gasteiger partial charge in [0.1, 0.15) is 12.2 Å². The van der Waals surface area contributed by atoms with Crippen LogP contribution in [0.25, 0.3) is 11.0 Å². The van der Waals surface area contributed by atoms with Gasteiger partial charge in [-0.1, -0.05) is 29.8 Å². The molecule has 1 N–H and O–H groups in total. The van der Waals surface area contributed by atoms with Crippen molar-refractivity contribution in [1.29, 1.82) is 5.26 Å². The van der Waals surface area contributed by atoms with E-state index >= 15 is 0 Å². The lowest BCUT2D eigenvalue weighted by Gasteiger charge is -2.15. The fraction of sp³-hybridized carbons (Fsp3) is 0.115. The molecule has 0 saturated carbocycles. The summed E-state index contributed by atoms with van der Waals surface area (Å²) in [6.45, 7) is 2.49. The number of rotatable bonds is 8. The van der Waals surface area contributed by atoms with E-state index in [-0.39, 0.29) is 12.4 Å². The summed E-state index contributed by atoms with van der Waals surface area (Å²) in [5.74, 6) is 0.630. The number of hydrazone groups is 1. The number of nitrogens with zero attached hydrogens (tertiary/aromatic N) is 2. The van der Waals surface area contributed by atoms with Gasteiger partial charge >= 0.3 is 5.91 Å². The van der Waals surface area contributed by atoms with Crippen LogP contribution in [0.5, 0.6) is 11.5 Å². The van der Waals surface area contributed by atoms with Crippen LogP contribution in [0.15, 0.2) is 74.7 Å². The Bertz CT molecular complexity index is 1460. The second kappa shape index (κ2) is 11.1. The van der Waals surface area contributed by atoms with E-state index in [1.54, 1.807) is 48.5 Å². The number of hydrogen-bond donors (Lipinski definition) is 1. The molecule has 0 saturated heterocycles. The maximum absolute atomic E-state index is 12.4. The Morgan fingerprint density at radius 3 is 2.83 bits per heavy atom. The number of carbonyl (C=O) groups excluding carboxylic acids is 1. The standard InChI is InChI=1S/C26H19BrClN3O4/c1-2-33-23-10-16(9-21(27)25(23)34-15-18-6-4-3-5-17(18)13-29)14-30-31-26(32)24-12-19-11-20(28)7-8-22(19)35-24/h3-12,14H,2,15H2,1H3,(H,31,32)/b30-14+. The predicted octanol–water partition coefficient (Wildman–Crippen LogP) is 6.46. The summed E-state index contributed by atoms with van der Waals surface area (Å²) < 4.78 is 17.9. The van der Waals surface area contributed by atoms with Crippen LogP contribution < -0.4 is 14.9 Å². The van der Waals surface area contributed by atoms with Crippen LogP contribution in [-0.2, 0) is 6.61 Å². The Morgan fingerprint density at radius 2 is 2.03 bits per heavy atom. The Kier molecular flexibility index (Phi) is 7.70. The fourth-order valence-corrected chi connectivity index (χ4v) is 4.07. The first kappa shape index (κ1) is 24.3. The van der Waals surface area contributed by atoms with Crippen LogP contribution in [0.1, 0.15) is 34.2 Å². The van der Waals surface area contributed by atoms with E-state index < -0.39 is 5.91 Å². The monoisotopic (exact) mass is 551 g/mol. The van der Waals surface area contributed by atoms with Crippen molar-refractivity contribution in [2.24, 2.45) is 5.10 Å². The summed E-state index contributed by atoms with van der Waals surface area (Å²) in [6, 6.07) is 19.7. The molecule has 0 unspecified atom stereocenters. The first-order valence-corrected chi connectivity index (χ1v) is 11.7. The van der Waals surface area contributed by atoms with E-state index in [0.29, 0.717) is 44.3 Å². The molecule has 1 amide bonds. The first-order chi connectivity index (χ1) is 17.0. The molecule has 0 aliphatic carbocycles. The van der Waals surface area contributed by atoms with Gasteiger partial charge in [0.15, 0.2) is 17.3 Å². The van der Waals surface area contributed by atoms with E-state index in [9.17, 15) is 10.1 Å². The van der Waals surface area contributed by atoms with Gasteiger partial charge in [0.25, 0.3) is 0 Å². The molecule has 0 spiro atoms. The number of nitrogens with one attached hydrogen (secondary N) is 1. The highest BCUT2D eigenvalue weighted by molar-refractivity contribution is 9.10. The first-order valence-electron chi connectivity index (χ1n) is 10.6. The Balaban J connectivity index is 1.48. The van der Waals surface area contributed by atoms with E-state index in [2.05, 4.69) is 32.5 Å². The SMILES string of the molecule is CCOc1cc(/C=N/NC(=O)c2cc3cc(Cl)ccc3o2)cc(Br)c1OCc1ccccc1C#N. The van der Waals surface area contributed by atoms with Gasteiger partial charge in [-0.15, -0.1) is 0 Å². The molecule has 3 aromatic carbocycles. The van der Waals surface area contributed by atoms with Crippen molar-refractivity contribution in [3.63, 3.8) is 0 Å². The predicted molar refractivity (Wildman–Crippen MR) is 137 cm³/mol. The van der Waals surface area contributed by atoms with E-state index in [4.69, 9.17) is 25.5 Å². The molecule has 0 radical (unpaired) electrons. The lowest BCUT2D eigenvalue weighted by Crippen LogP contribution is -2.16. The summed E-state index contributed by atoms with van der Waals surface area (Å²) in [7, 11) is 0. The average Bonchev–Trinajstić information content (AvgIpc) is 3.27. The van der Waals surface area contributed by atoms with Crippen molar-refractivity contribution in [2.45, 2.75) is 13.5 Å². The van der Waals surface area contributed by atoms with Gasteiger partial charge in [0.2, 0.25) is 0 Å². The molecule has 7 nitrogen and oxygen atoms in total. The van der Waals surface area contributed by atoms with Crippen LogP contribution in [0.2, 0.25) is 5.02 Å². The highest BCUT2D eigenvalue weighted by Crippen LogP contribution is 2.37. The maximum atomic E-state index is 12.4. The van der Waals surface area contributed by atoms with Crippen molar-refractivity contribution < 1.29 is 18.7 Å². The minimum Gasteiger partial charge on any atom is -0.490 e. The van der Waals surface area contributed by atoms with Gasteiger partial charge in [0.05, 0.1) is 28.9 Å². The number of halogens is 2.